The van der Waals surface area contributed by atoms with Crippen LogP contribution in [0.4, 0.5) is 4.79 Å². The zero-order chi connectivity index (χ0) is 16.4. The lowest BCUT2D eigenvalue weighted by Gasteiger charge is -2.14. The van der Waals surface area contributed by atoms with E-state index in [9.17, 15) is 4.79 Å². The normalized spacial score (nSPS) is 10.3. The first-order valence-electron chi connectivity index (χ1n) is 7.69. The van der Waals surface area contributed by atoms with Crippen molar-refractivity contribution < 1.29 is 19.4 Å². The molecule has 6 nitrogen and oxygen atoms in total. The minimum absolute atomic E-state index is 0.289. The summed E-state index contributed by atoms with van der Waals surface area (Å²) in [4.78, 5) is 15.0. The summed E-state index contributed by atoms with van der Waals surface area (Å²) in [5.41, 5.74) is 1.73. The van der Waals surface area contributed by atoms with E-state index in [4.69, 9.17) is 14.6 Å². The summed E-state index contributed by atoms with van der Waals surface area (Å²) in [5, 5.41) is 10.9. The number of carbonyl (C=O) groups is 1. The van der Waals surface area contributed by atoms with E-state index in [0.29, 0.717) is 23.7 Å². The lowest BCUT2D eigenvalue weighted by Crippen LogP contribution is -2.23. The molecule has 0 spiro atoms. The van der Waals surface area contributed by atoms with Crippen molar-refractivity contribution in [3.8, 4) is 11.6 Å². The first-order valence-corrected chi connectivity index (χ1v) is 7.69. The number of nitrogens with one attached hydrogen (secondary N) is 1. The van der Waals surface area contributed by atoms with Gasteiger partial charge in [-0.2, -0.15) is 0 Å². The molecule has 1 aromatic heterocycles. The van der Waals surface area contributed by atoms with Crippen molar-refractivity contribution in [3.05, 3.63) is 17.3 Å². The highest BCUT2D eigenvalue weighted by Gasteiger charge is 2.13. The maximum Gasteiger partial charge on any atom is 0.404 e. The van der Waals surface area contributed by atoms with Crippen molar-refractivity contribution >= 4 is 6.09 Å². The smallest absolute Gasteiger partial charge is 0.404 e. The second kappa shape index (κ2) is 9.87. The van der Waals surface area contributed by atoms with Gasteiger partial charge in [0.1, 0.15) is 5.75 Å². The monoisotopic (exact) mass is 310 g/mol. The van der Waals surface area contributed by atoms with Crippen LogP contribution in [-0.2, 0) is 12.8 Å². The second-order valence-electron chi connectivity index (χ2n) is 5.10. The molecule has 0 atom stereocenters. The van der Waals surface area contributed by atoms with Gasteiger partial charge in [-0.25, -0.2) is 9.78 Å². The largest absolute Gasteiger partial charge is 0.495 e. The summed E-state index contributed by atoms with van der Waals surface area (Å²) in [6.07, 6.45) is 5.03. The summed E-state index contributed by atoms with van der Waals surface area (Å²) in [6.45, 7) is 2.48. The molecular formula is C16H26N2O4. The average molecular weight is 310 g/mol. The number of ether oxygens (including phenoxy) is 2. The molecule has 0 aliphatic rings. The van der Waals surface area contributed by atoms with E-state index in [1.807, 2.05) is 6.07 Å². The van der Waals surface area contributed by atoms with Gasteiger partial charge in [0, 0.05) is 18.5 Å². The average Bonchev–Trinajstić information content (AvgIpc) is 2.51. The second-order valence-corrected chi connectivity index (χ2v) is 5.10. The molecule has 1 rings (SSSR count). The maximum atomic E-state index is 10.5. The lowest BCUT2D eigenvalue weighted by molar-refractivity contribution is 0.194. The van der Waals surface area contributed by atoms with Crippen LogP contribution in [0.15, 0.2) is 6.07 Å². The third kappa shape index (κ3) is 5.79. The molecule has 1 aromatic rings. The maximum absolute atomic E-state index is 10.5. The first-order chi connectivity index (χ1) is 10.6. The SMILES string of the molecule is CCCCCCc1cc(OC)c(CCNC(=O)O)nc1OC. The van der Waals surface area contributed by atoms with Crippen LogP contribution >= 0.6 is 0 Å². The van der Waals surface area contributed by atoms with Gasteiger partial charge >= 0.3 is 6.09 Å². The first kappa shape index (κ1) is 18.1. The molecule has 2 N–H and O–H groups in total. The number of nitrogens with zero attached hydrogens (tertiary/aromatic N) is 1. The summed E-state index contributed by atoms with van der Waals surface area (Å²) in [5.74, 6) is 1.28. The Morgan fingerprint density at radius 1 is 1.23 bits per heavy atom. The summed E-state index contributed by atoms with van der Waals surface area (Å²) in [7, 11) is 3.20. The van der Waals surface area contributed by atoms with E-state index in [1.54, 1.807) is 14.2 Å². The van der Waals surface area contributed by atoms with Gasteiger partial charge in [-0.05, 0) is 18.9 Å². The number of aryl methyl sites for hydroxylation is 1. The quantitative estimate of drug-likeness (QED) is 0.649. The molecule has 0 radical (unpaired) electrons. The third-order valence-corrected chi connectivity index (χ3v) is 3.45. The van der Waals surface area contributed by atoms with Crippen molar-refractivity contribution in [1.82, 2.24) is 10.3 Å². The van der Waals surface area contributed by atoms with E-state index in [2.05, 4.69) is 17.2 Å². The van der Waals surface area contributed by atoms with E-state index in [1.165, 1.54) is 19.3 Å². The van der Waals surface area contributed by atoms with Crippen molar-refractivity contribution in [2.45, 2.75) is 45.4 Å². The standard InChI is InChI=1S/C16H26N2O4/c1-4-5-6-7-8-12-11-14(21-2)13(18-15(12)22-3)9-10-17-16(19)20/h11,17H,4-10H2,1-3H3,(H,19,20). The number of aromatic nitrogens is 1. The van der Waals surface area contributed by atoms with Crippen molar-refractivity contribution in [1.29, 1.82) is 0 Å². The van der Waals surface area contributed by atoms with Gasteiger partial charge in [0.05, 0.1) is 19.9 Å². The van der Waals surface area contributed by atoms with Gasteiger partial charge in [-0.15, -0.1) is 0 Å². The zero-order valence-corrected chi connectivity index (χ0v) is 13.6. The Labute approximate surface area is 131 Å². The van der Waals surface area contributed by atoms with E-state index < -0.39 is 6.09 Å². The van der Waals surface area contributed by atoms with Crippen molar-refractivity contribution in [2.75, 3.05) is 20.8 Å². The Kier molecular flexibility index (Phi) is 8.10. The van der Waals surface area contributed by atoms with Gasteiger partial charge in [0.15, 0.2) is 0 Å². The molecule has 0 saturated heterocycles. The minimum Gasteiger partial charge on any atom is -0.495 e. The Morgan fingerprint density at radius 2 is 2.00 bits per heavy atom. The van der Waals surface area contributed by atoms with Gasteiger partial charge in [-0.3, -0.25) is 0 Å². The van der Waals surface area contributed by atoms with Gasteiger partial charge in [0.2, 0.25) is 5.88 Å². The Morgan fingerprint density at radius 3 is 2.59 bits per heavy atom. The molecule has 0 saturated carbocycles. The van der Waals surface area contributed by atoms with E-state index in [-0.39, 0.29) is 6.54 Å². The molecule has 0 aliphatic carbocycles. The Hall–Kier alpha value is -1.98. The third-order valence-electron chi connectivity index (χ3n) is 3.45. The molecule has 0 bridgehead atoms. The van der Waals surface area contributed by atoms with Crippen LogP contribution in [0.25, 0.3) is 0 Å². The van der Waals surface area contributed by atoms with Gasteiger partial charge < -0.3 is 19.9 Å². The molecule has 22 heavy (non-hydrogen) atoms. The molecule has 124 valence electrons. The number of hydrogen-bond acceptors (Lipinski definition) is 4. The highest BCUT2D eigenvalue weighted by atomic mass is 16.5. The number of rotatable bonds is 10. The van der Waals surface area contributed by atoms with E-state index in [0.717, 1.165) is 18.4 Å². The van der Waals surface area contributed by atoms with Crippen LogP contribution in [-0.4, -0.2) is 36.9 Å². The fourth-order valence-electron chi connectivity index (χ4n) is 2.29. The van der Waals surface area contributed by atoms with Gasteiger partial charge in [0.25, 0.3) is 0 Å². The molecule has 0 unspecified atom stereocenters. The van der Waals surface area contributed by atoms with Crippen LogP contribution in [0.1, 0.15) is 43.9 Å². The van der Waals surface area contributed by atoms with Gasteiger partial charge in [-0.1, -0.05) is 26.2 Å². The summed E-state index contributed by atoms with van der Waals surface area (Å²) in [6, 6.07) is 1.95. The fourth-order valence-corrected chi connectivity index (χ4v) is 2.29. The number of carboxylic acid groups (broad SMARTS) is 1. The topological polar surface area (TPSA) is 80.7 Å². The molecule has 6 heteroatoms. The fraction of sp³-hybridized carbons (Fsp3) is 0.625. The lowest BCUT2D eigenvalue weighted by atomic mass is 10.1. The Bertz CT molecular complexity index is 477. The predicted octanol–water partition coefficient (Wildman–Crippen LogP) is 3.03. The number of amides is 1. The number of unbranched alkanes of at least 4 members (excludes halogenated alkanes) is 3. The number of methoxy groups -OCH3 is 2. The molecule has 1 heterocycles. The van der Waals surface area contributed by atoms with Crippen LogP contribution in [0.3, 0.4) is 0 Å². The van der Waals surface area contributed by atoms with Crippen LogP contribution in [0, 0.1) is 0 Å². The summed E-state index contributed by atoms with van der Waals surface area (Å²) < 4.78 is 10.7. The molecule has 0 aliphatic heterocycles. The molecule has 0 fully saturated rings. The molecule has 0 aromatic carbocycles. The van der Waals surface area contributed by atoms with Crippen LogP contribution in [0.5, 0.6) is 11.6 Å². The minimum atomic E-state index is -1.04. The van der Waals surface area contributed by atoms with Crippen molar-refractivity contribution in [3.63, 3.8) is 0 Å². The van der Waals surface area contributed by atoms with Crippen LogP contribution < -0.4 is 14.8 Å². The highest BCUT2D eigenvalue weighted by molar-refractivity contribution is 5.64. The summed E-state index contributed by atoms with van der Waals surface area (Å²) >= 11 is 0. The number of pyridine rings is 1. The van der Waals surface area contributed by atoms with E-state index >= 15 is 0 Å². The predicted molar refractivity (Wildman–Crippen MR) is 84.9 cm³/mol. The van der Waals surface area contributed by atoms with Crippen molar-refractivity contribution in [2.24, 2.45) is 0 Å². The Balaban J connectivity index is 2.79. The zero-order valence-electron chi connectivity index (χ0n) is 13.6. The van der Waals surface area contributed by atoms with Crippen LogP contribution in [0.2, 0.25) is 0 Å². The molecular weight excluding hydrogens is 284 g/mol. The number of hydrogen-bond donors (Lipinski definition) is 2. The highest BCUT2D eigenvalue weighted by Crippen LogP contribution is 2.27. The molecule has 1 amide bonds.